The SMILES string of the molecule is CCCC(=O)c1c(-c2cc(C)[nH]n2)c(C(=O)O)cc2cccn12. The van der Waals surface area contributed by atoms with Crippen molar-refractivity contribution in [2.24, 2.45) is 0 Å². The fourth-order valence-electron chi connectivity index (χ4n) is 2.78. The van der Waals surface area contributed by atoms with Crippen molar-refractivity contribution in [1.82, 2.24) is 14.6 Å². The smallest absolute Gasteiger partial charge is 0.336 e. The quantitative estimate of drug-likeness (QED) is 0.708. The van der Waals surface area contributed by atoms with Gasteiger partial charge in [-0.15, -0.1) is 0 Å². The van der Waals surface area contributed by atoms with Crippen molar-refractivity contribution in [3.63, 3.8) is 0 Å². The number of carboxylic acid groups (broad SMARTS) is 1. The number of nitrogens with zero attached hydrogens (tertiary/aromatic N) is 2. The highest BCUT2D eigenvalue weighted by Crippen LogP contribution is 2.30. The van der Waals surface area contributed by atoms with E-state index in [1.165, 1.54) is 0 Å². The molecule has 3 rings (SSSR count). The Kier molecular flexibility index (Phi) is 3.73. The zero-order chi connectivity index (χ0) is 16.6. The molecule has 0 spiro atoms. The number of nitrogens with one attached hydrogen (secondary N) is 1. The van der Waals surface area contributed by atoms with Crippen LogP contribution in [-0.2, 0) is 0 Å². The van der Waals surface area contributed by atoms with Crippen LogP contribution in [0.15, 0.2) is 30.5 Å². The topological polar surface area (TPSA) is 87.5 Å². The van der Waals surface area contributed by atoms with E-state index in [1.54, 1.807) is 34.9 Å². The molecule has 23 heavy (non-hydrogen) atoms. The van der Waals surface area contributed by atoms with Crippen LogP contribution in [0.5, 0.6) is 0 Å². The van der Waals surface area contributed by atoms with E-state index in [9.17, 15) is 14.7 Å². The Morgan fingerprint density at radius 1 is 1.35 bits per heavy atom. The van der Waals surface area contributed by atoms with Gasteiger partial charge in [-0.05, 0) is 37.6 Å². The summed E-state index contributed by atoms with van der Waals surface area (Å²) in [7, 11) is 0. The number of Topliss-reactive ketones (excluding diaryl/α,β-unsaturated/α-hetero) is 1. The lowest BCUT2D eigenvalue weighted by Gasteiger charge is -2.13. The number of carbonyl (C=O) groups excluding carboxylic acids is 1. The Morgan fingerprint density at radius 2 is 2.13 bits per heavy atom. The summed E-state index contributed by atoms with van der Waals surface area (Å²) in [4.78, 5) is 24.4. The van der Waals surface area contributed by atoms with Gasteiger partial charge >= 0.3 is 5.97 Å². The molecular formula is C17H17N3O3. The van der Waals surface area contributed by atoms with E-state index in [-0.39, 0.29) is 11.3 Å². The molecular weight excluding hydrogens is 294 g/mol. The number of hydrogen-bond acceptors (Lipinski definition) is 3. The second-order valence-corrected chi connectivity index (χ2v) is 5.50. The van der Waals surface area contributed by atoms with E-state index in [4.69, 9.17) is 0 Å². The normalized spacial score (nSPS) is 11.0. The van der Waals surface area contributed by atoms with Crippen LogP contribution >= 0.6 is 0 Å². The number of aromatic carboxylic acids is 1. The van der Waals surface area contributed by atoms with Crippen LogP contribution in [0.2, 0.25) is 0 Å². The highest BCUT2D eigenvalue weighted by molar-refractivity contribution is 6.07. The van der Waals surface area contributed by atoms with Gasteiger partial charge in [0.15, 0.2) is 5.78 Å². The van der Waals surface area contributed by atoms with Crippen LogP contribution in [0.1, 0.15) is 46.3 Å². The highest BCUT2D eigenvalue weighted by Gasteiger charge is 2.24. The average molecular weight is 311 g/mol. The van der Waals surface area contributed by atoms with Crippen molar-refractivity contribution in [3.05, 3.63) is 47.4 Å². The monoisotopic (exact) mass is 311 g/mol. The Hall–Kier alpha value is -2.89. The van der Waals surface area contributed by atoms with Crippen LogP contribution in [0.4, 0.5) is 0 Å². The summed E-state index contributed by atoms with van der Waals surface area (Å²) < 4.78 is 1.74. The Labute approximate surface area is 132 Å². The van der Waals surface area contributed by atoms with E-state index in [2.05, 4.69) is 10.2 Å². The predicted molar refractivity (Wildman–Crippen MR) is 85.9 cm³/mol. The van der Waals surface area contributed by atoms with Gasteiger partial charge < -0.3 is 9.51 Å². The molecule has 0 aliphatic carbocycles. The van der Waals surface area contributed by atoms with Gasteiger partial charge in [0.05, 0.1) is 17.0 Å². The Bertz CT molecular complexity index is 905. The van der Waals surface area contributed by atoms with Crippen LogP contribution in [0, 0.1) is 6.92 Å². The van der Waals surface area contributed by atoms with Crippen LogP contribution in [-0.4, -0.2) is 31.5 Å². The maximum Gasteiger partial charge on any atom is 0.336 e. The van der Waals surface area contributed by atoms with Gasteiger partial charge in [-0.25, -0.2) is 4.79 Å². The molecule has 6 heteroatoms. The second kappa shape index (κ2) is 5.72. The van der Waals surface area contributed by atoms with Crippen molar-refractivity contribution >= 4 is 17.3 Å². The summed E-state index contributed by atoms with van der Waals surface area (Å²) in [6.07, 6.45) is 2.82. The molecule has 6 nitrogen and oxygen atoms in total. The lowest BCUT2D eigenvalue weighted by Crippen LogP contribution is -2.13. The fraction of sp³-hybridized carbons (Fsp3) is 0.235. The number of pyridine rings is 1. The summed E-state index contributed by atoms with van der Waals surface area (Å²) in [5, 5.41) is 16.6. The van der Waals surface area contributed by atoms with Crippen molar-refractivity contribution in [3.8, 4) is 11.3 Å². The van der Waals surface area contributed by atoms with Crippen molar-refractivity contribution in [2.75, 3.05) is 0 Å². The van der Waals surface area contributed by atoms with E-state index in [0.29, 0.717) is 35.3 Å². The summed E-state index contributed by atoms with van der Waals surface area (Å²) in [6, 6.07) is 6.91. The lowest BCUT2D eigenvalue weighted by molar-refractivity contribution is 0.0697. The molecule has 0 saturated heterocycles. The number of carbonyl (C=O) groups is 2. The van der Waals surface area contributed by atoms with Gasteiger partial charge in [0.2, 0.25) is 0 Å². The molecule has 3 aromatic heterocycles. The third kappa shape index (κ3) is 2.52. The highest BCUT2D eigenvalue weighted by atomic mass is 16.4. The first-order valence-corrected chi connectivity index (χ1v) is 7.46. The van der Waals surface area contributed by atoms with E-state index in [1.807, 2.05) is 13.8 Å². The average Bonchev–Trinajstić information content (AvgIpc) is 3.13. The third-order valence-corrected chi connectivity index (χ3v) is 3.75. The number of fused-ring (bicyclic) bond motifs is 1. The van der Waals surface area contributed by atoms with Crippen LogP contribution < -0.4 is 0 Å². The molecule has 2 N–H and O–H groups in total. The first kappa shape index (κ1) is 15.0. The molecule has 3 heterocycles. The first-order chi connectivity index (χ1) is 11.0. The minimum absolute atomic E-state index is 0.0853. The largest absolute Gasteiger partial charge is 0.478 e. The number of hydrogen-bond donors (Lipinski definition) is 2. The van der Waals surface area contributed by atoms with E-state index in [0.717, 1.165) is 5.69 Å². The lowest BCUT2D eigenvalue weighted by atomic mass is 9.98. The molecule has 0 aliphatic rings. The molecule has 0 atom stereocenters. The predicted octanol–water partition coefficient (Wildman–Crippen LogP) is 3.32. The molecule has 0 aromatic carbocycles. The number of ketones is 1. The summed E-state index contributed by atoms with van der Waals surface area (Å²) in [5.41, 5.74) is 2.77. The van der Waals surface area contributed by atoms with Crippen molar-refractivity contribution < 1.29 is 14.7 Å². The molecule has 0 radical (unpaired) electrons. The summed E-state index contributed by atoms with van der Waals surface area (Å²) in [5.74, 6) is -1.16. The van der Waals surface area contributed by atoms with Crippen molar-refractivity contribution in [2.45, 2.75) is 26.7 Å². The molecule has 3 aromatic rings. The number of H-pyrrole nitrogens is 1. The summed E-state index contributed by atoms with van der Waals surface area (Å²) >= 11 is 0. The van der Waals surface area contributed by atoms with Gasteiger partial charge in [0, 0.05) is 29.4 Å². The number of aromatic amines is 1. The zero-order valence-electron chi connectivity index (χ0n) is 13.0. The van der Waals surface area contributed by atoms with Gasteiger partial charge in [0.25, 0.3) is 0 Å². The number of rotatable bonds is 5. The molecule has 0 fully saturated rings. The maximum absolute atomic E-state index is 12.7. The molecule has 0 aliphatic heterocycles. The van der Waals surface area contributed by atoms with Gasteiger partial charge in [-0.1, -0.05) is 6.92 Å². The van der Waals surface area contributed by atoms with Crippen molar-refractivity contribution in [1.29, 1.82) is 0 Å². The van der Waals surface area contributed by atoms with Gasteiger partial charge in [-0.2, -0.15) is 5.10 Å². The molecule has 0 saturated carbocycles. The molecule has 118 valence electrons. The fourth-order valence-corrected chi connectivity index (χ4v) is 2.78. The second-order valence-electron chi connectivity index (χ2n) is 5.50. The molecule has 0 unspecified atom stereocenters. The van der Waals surface area contributed by atoms with Gasteiger partial charge in [0.1, 0.15) is 0 Å². The number of aromatic nitrogens is 3. The maximum atomic E-state index is 12.7. The Morgan fingerprint density at radius 3 is 2.74 bits per heavy atom. The molecule has 0 amide bonds. The summed E-state index contributed by atoms with van der Waals surface area (Å²) in [6.45, 7) is 3.75. The third-order valence-electron chi connectivity index (χ3n) is 3.75. The minimum atomic E-state index is -1.07. The minimum Gasteiger partial charge on any atom is -0.478 e. The first-order valence-electron chi connectivity index (χ1n) is 7.46. The van der Waals surface area contributed by atoms with Crippen LogP contribution in [0.3, 0.4) is 0 Å². The van der Waals surface area contributed by atoms with E-state index >= 15 is 0 Å². The molecule has 0 bridgehead atoms. The standard InChI is InChI=1S/C17H17N3O3/c1-3-5-14(21)16-15(13-8-10(2)18-19-13)12(17(22)23)9-11-6-4-7-20(11)16/h4,6-9H,3,5H2,1-2H3,(H,18,19)(H,22,23). The van der Waals surface area contributed by atoms with Gasteiger partial charge in [-0.3, -0.25) is 9.89 Å². The zero-order valence-corrected chi connectivity index (χ0v) is 13.0. The Balaban J connectivity index is 2.41. The van der Waals surface area contributed by atoms with E-state index < -0.39 is 5.97 Å². The number of aryl methyl sites for hydroxylation is 1. The van der Waals surface area contributed by atoms with Crippen LogP contribution in [0.25, 0.3) is 16.8 Å². The number of carboxylic acids is 1.